The van der Waals surface area contributed by atoms with Crippen LogP contribution in [0.15, 0.2) is 53.7 Å². The van der Waals surface area contributed by atoms with E-state index in [0.717, 1.165) is 16.8 Å². The summed E-state index contributed by atoms with van der Waals surface area (Å²) in [5.41, 5.74) is 9.85. The average Bonchev–Trinajstić information content (AvgIpc) is 2.47. The second kappa shape index (κ2) is 6.10. The quantitative estimate of drug-likeness (QED) is 0.388. The van der Waals surface area contributed by atoms with E-state index in [4.69, 9.17) is 10.9 Å². The van der Waals surface area contributed by atoms with Gasteiger partial charge in [0.2, 0.25) is 0 Å². The fourth-order valence-electron chi connectivity index (χ4n) is 2.11. The molecule has 0 saturated carbocycles. The number of nitrogens with zero attached hydrogens (tertiary/aromatic N) is 2. The molecule has 4 nitrogen and oxygen atoms in total. The predicted octanol–water partition coefficient (Wildman–Crippen LogP) is 2.73. The van der Waals surface area contributed by atoms with Gasteiger partial charge in [-0.1, -0.05) is 47.1 Å². The van der Waals surface area contributed by atoms with E-state index in [1.165, 1.54) is 5.56 Å². The highest BCUT2D eigenvalue weighted by Crippen LogP contribution is 2.18. The Labute approximate surface area is 119 Å². The average molecular weight is 269 g/mol. The summed E-state index contributed by atoms with van der Waals surface area (Å²) in [6.45, 7) is 2.76. The van der Waals surface area contributed by atoms with Gasteiger partial charge in [0.25, 0.3) is 0 Å². The van der Waals surface area contributed by atoms with Crippen molar-refractivity contribution in [3.63, 3.8) is 0 Å². The van der Waals surface area contributed by atoms with Crippen molar-refractivity contribution in [2.24, 2.45) is 10.9 Å². The normalized spacial score (nSPS) is 11.4. The van der Waals surface area contributed by atoms with Gasteiger partial charge < -0.3 is 15.8 Å². The van der Waals surface area contributed by atoms with E-state index in [1.54, 1.807) is 0 Å². The van der Waals surface area contributed by atoms with Crippen LogP contribution in [0.4, 0.5) is 5.69 Å². The minimum atomic E-state index is 0.137. The zero-order valence-electron chi connectivity index (χ0n) is 11.7. The maximum atomic E-state index is 8.84. The Morgan fingerprint density at radius 1 is 1.15 bits per heavy atom. The van der Waals surface area contributed by atoms with E-state index in [1.807, 2.05) is 31.3 Å². The van der Waals surface area contributed by atoms with Crippen molar-refractivity contribution in [2.45, 2.75) is 13.5 Å². The highest BCUT2D eigenvalue weighted by atomic mass is 16.4. The first kappa shape index (κ1) is 13.9. The second-order valence-corrected chi connectivity index (χ2v) is 4.83. The largest absolute Gasteiger partial charge is 0.409 e. The molecule has 104 valence electrons. The van der Waals surface area contributed by atoms with E-state index in [0.29, 0.717) is 6.54 Å². The van der Waals surface area contributed by atoms with Crippen LogP contribution < -0.4 is 10.6 Å². The summed E-state index contributed by atoms with van der Waals surface area (Å²) >= 11 is 0. The Hall–Kier alpha value is -2.49. The second-order valence-electron chi connectivity index (χ2n) is 4.83. The Morgan fingerprint density at radius 2 is 1.80 bits per heavy atom. The van der Waals surface area contributed by atoms with Crippen LogP contribution in [0.3, 0.4) is 0 Å². The molecule has 20 heavy (non-hydrogen) atoms. The number of hydrogen-bond donors (Lipinski definition) is 2. The number of anilines is 1. The molecular weight excluding hydrogens is 250 g/mol. The van der Waals surface area contributed by atoms with E-state index >= 15 is 0 Å². The van der Waals surface area contributed by atoms with Crippen molar-refractivity contribution in [3.8, 4) is 0 Å². The molecule has 2 rings (SSSR count). The van der Waals surface area contributed by atoms with E-state index in [9.17, 15) is 0 Å². The van der Waals surface area contributed by atoms with Gasteiger partial charge in [-0.25, -0.2) is 0 Å². The Morgan fingerprint density at radius 3 is 2.45 bits per heavy atom. The molecule has 2 aromatic rings. The number of aryl methyl sites for hydroxylation is 1. The van der Waals surface area contributed by atoms with Crippen molar-refractivity contribution < 1.29 is 5.21 Å². The van der Waals surface area contributed by atoms with Gasteiger partial charge in [0, 0.05) is 24.8 Å². The summed E-state index contributed by atoms with van der Waals surface area (Å²) < 4.78 is 0. The van der Waals surface area contributed by atoms with Crippen LogP contribution in [0.2, 0.25) is 0 Å². The van der Waals surface area contributed by atoms with Gasteiger partial charge in [-0.2, -0.15) is 0 Å². The molecule has 0 aliphatic rings. The lowest BCUT2D eigenvalue weighted by molar-refractivity contribution is 0.318. The molecule has 2 aromatic carbocycles. The first-order valence-electron chi connectivity index (χ1n) is 6.45. The molecule has 0 unspecified atom stereocenters. The number of oxime groups is 1. The highest BCUT2D eigenvalue weighted by molar-refractivity contribution is 5.98. The third-order valence-electron chi connectivity index (χ3n) is 3.28. The summed E-state index contributed by atoms with van der Waals surface area (Å²) in [6, 6.07) is 16.0. The fourth-order valence-corrected chi connectivity index (χ4v) is 2.11. The van der Waals surface area contributed by atoms with Crippen molar-refractivity contribution >= 4 is 11.5 Å². The Balaban J connectivity index is 2.24. The topological polar surface area (TPSA) is 61.8 Å². The molecule has 0 fully saturated rings. The first-order chi connectivity index (χ1) is 9.61. The number of amidine groups is 1. The standard InChI is InChI=1S/C16H19N3O/c1-12-7-9-14(10-8-12)19(2)11-13-5-3-4-6-15(13)16(17)18-20/h3-10,20H,11H2,1-2H3,(H2,17,18). The maximum absolute atomic E-state index is 8.84. The number of nitrogens with two attached hydrogens (primary N) is 1. The molecule has 0 amide bonds. The third kappa shape index (κ3) is 3.09. The molecule has 0 aliphatic carbocycles. The van der Waals surface area contributed by atoms with Gasteiger partial charge in [-0.15, -0.1) is 0 Å². The van der Waals surface area contributed by atoms with Crippen LogP contribution in [0.1, 0.15) is 16.7 Å². The Kier molecular flexibility index (Phi) is 4.25. The van der Waals surface area contributed by atoms with Crippen LogP contribution in [0.5, 0.6) is 0 Å². The molecule has 0 spiro atoms. The van der Waals surface area contributed by atoms with Gasteiger partial charge in [0.15, 0.2) is 5.84 Å². The van der Waals surface area contributed by atoms with Gasteiger partial charge >= 0.3 is 0 Å². The minimum Gasteiger partial charge on any atom is -0.409 e. The van der Waals surface area contributed by atoms with Crippen molar-refractivity contribution in [3.05, 3.63) is 65.2 Å². The molecule has 0 aliphatic heterocycles. The van der Waals surface area contributed by atoms with E-state index < -0.39 is 0 Å². The van der Waals surface area contributed by atoms with Crippen molar-refractivity contribution in [2.75, 3.05) is 11.9 Å². The van der Waals surface area contributed by atoms with Gasteiger partial charge in [-0.3, -0.25) is 0 Å². The minimum absolute atomic E-state index is 0.137. The molecule has 0 radical (unpaired) electrons. The molecule has 0 aromatic heterocycles. The molecule has 0 saturated heterocycles. The van der Waals surface area contributed by atoms with Gasteiger partial charge in [0.05, 0.1) is 0 Å². The van der Waals surface area contributed by atoms with Crippen LogP contribution in [0.25, 0.3) is 0 Å². The lowest BCUT2D eigenvalue weighted by Gasteiger charge is -2.21. The fraction of sp³-hybridized carbons (Fsp3) is 0.188. The van der Waals surface area contributed by atoms with Crippen LogP contribution in [-0.4, -0.2) is 18.1 Å². The highest BCUT2D eigenvalue weighted by Gasteiger charge is 2.09. The summed E-state index contributed by atoms with van der Waals surface area (Å²) in [5.74, 6) is 0.137. The molecule has 0 heterocycles. The van der Waals surface area contributed by atoms with Crippen molar-refractivity contribution in [1.82, 2.24) is 0 Å². The number of benzene rings is 2. The molecule has 4 heteroatoms. The predicted molar refractivity (Wildman–Crippen MR) is 82.2 cm³/mol. The number of rotatable bonds is 4. The summed E-state index contributed by atoms with van der Waals surface area (Å²) in [6.07, 6.45) is 0. The van der Waals surface area contributed by atoms with E-state index in [2.05, 4.69) is 41.2 Å². The van der Waals surface area contributed by atoms with Crippen LogP contribution >= 0.6 is 0 Å². The van der Waals surface area contributed by atoms with Crippen molar-refractivity contribution in [1.29, 1.82) is 0 Å². The smallest absolute Gasteiger partial charge is 0.170 e. The SMILES string of the molecule is Cc1ccc(N(C)Cc2ccccc2C(N)=NO)cc1. The lowest BCUT2D eigenvalue weighted by Crippen LogP contribution is -2.21. The third-order valence-corrected chi connectivity index (χ3v) is 3.28. The maximum Gasteiger partial charge on any atom is 0.170 e. The Bertz CT molecular complexity index is 605. The van der Waals surface area contributed by atoms with E-state index in [-0.39, 0.29) is 5.84 Å². The summed E-state index contributed by atoms with van der Waals surface area (Å²) in [7, 11) is 2.02. The number of hydrogen-bond acceptors (Lipinski definition) is 3. The zero-order chi connectivity index (χ0) is 14.5. The van der Waals surface area contributed by atoms with Gasteiger partial charge in [-0.05, 0) is 24.6 Å². The monoisotopic (exact) mass is 269 g/mol. The molecule has 0 bridgehead atoms. The summed E-state index contributed by atoms with van der Waals surface area (Å²) in [4.78, 5) is 2.13. The summed E-state index contributed by atoms with van der Waals surface area (Å²) in [5, 5.41) is 11.9. The zero-order valence-corrected chi connectivity index (χ0v) is 11.7. The van der Waals surface area contributed by atoms with Gasteiger partial charge in [0.1, 0.15) is 0 Å². The first-order valence-corrected chi connectivity index (χ1v) is 6.45. The lowest BCUT2D eigenvalue weighted by atomic mass is 10.1. The van der Waals surface area contributed by atoms with Crippen LogP contribution in [-0.2, 0) is 6.54 Å². The van der Waals surface area contributed by atoms with Crippen LogP contribution in [0, 0.1) is 6.92 Å². The molecule has 0 atom stereocenters. The molecule has 3 N–H and O–H groups in total. The molecular formula is C16H19N3O.